The van der Waals surface area contributed by atoms with Crippen molar-refractivity contribution in [3.63, 3.8) is 0 Å². The van der Waals surface area contributed by atoms with Gasteiger partial charge in [0.25, 0.3) is 0 Å². The lowest BCUT2D eigenvalue weighted by Crippen LogP contribution is -2.24. The molecule has 1 aromatic carbocycles. The molecule has 24 heavy (non-hydrogen) atoms. The summed E-state index contributed by atoms with van der Waals surface area (Å²) in [4.78, 5) is 8.87. The first-order valence-corrected chi connectivity index (χ1v) is 7.99. The first kappa shape index (κ1) is 14.8. The molecule has 3 heterocycles. The van der Waals surface area contributed by atoms with E-state index in [-0.39, 0.29) is 6.04 Å². The van der Waals surface area contributed by atoms with Gasteiger partial charge >= 0.3 is 0 Å². The highest BCUT2D eigenvalue weighted by molar-refractivity contribution is 5.39. The summed E-state index contributed by atoms with van der Waals surface area (Å²) >= 11 is 0. The van der Waals surface area contributed by atoms with Gasteiger partial charge in [0.05, 0.1) is 0 Å². The minimum Gasteiger partial charge on any atom is -0.492 e. The van der Waals surface area contributed by atoms with Crippen molar-refractivity contribution in [3.8, 4) is 5.75 Å². The van der Waals surface area contributed by atoms with Gasteiger partial charge in [0.15, 0.2) is 5.82 Å². The fourth-order valence-electron chi connectivity index (χ4n) is 2.79. The van der Waals surface area contributed by atoms with Crippen LogP contribution in [0.1, 0.15) is 34.6 Å². The number of hydrogen-bond donors (Lipinski definition) is 1. The number of nitrogens with zero attached hydrogens (tertiary/aromatic N) is 3. The highest BCUT2D eigenvalue weighted by atomic mass is 16.5. The summed E-state index contributed by atoms with van der Waals surface area (Å²) in [5.41, 5.74) is 3.07. The molecule has 0 fully saturated rings. The Labute approximate surface area is 139 Å². The van der Waals surface area contributed by atoms with E-state index in [1.54, 1.807) is 0 Å². The van der Waals surface area contributed by atoms with Crippen molar-refractivity contribution in [2.75, 3.05) is 13.2 Å². The van der Waals surface area contributed by atoms with Crippen molar-refractivity contribution in [2.24, 2.45) is 0 Å². The van der Waals surface area contributed by atoms with Gasteiger partial charge in [-0.2, -0.15) is 4.98 Å². The number of aryl methyl sites for hydroxylation is 1. The van der Waals surface area contributed by atoms with E-state index in [1.165, 1.54) is 0 Å². The lowest BCUT2D eigenvalue weighted by atomic mass is 10.1. The number of hydrogen-bond acceptors (Lipinski definition) is 6. The highest BCUT2D eigenvalue weighted by Crippen LogP contribution is 2.30. The second-order valence-corrected chi connectivity index (χ2v) is 5.81. The molecule has 6 heteroatoms. The molecular weight excluding hydrogens is 304 g/mol. The fraction of sp³-hybridized carbons (Fsp3) is 0.278. The van der Waals surface area contributed by atoms with E-state index in [9.17, 15) is 0 Å². The fourth-order valence-corrected chi connectivity index (χ4v) is 2.79. The third-order valence-corrected chi connectivity index (χ3v) is 4.00. The summed E-state index contributed by atoms with van der Waals surface area (Å²) < 4.78 is 11.3. The molecule has 4 rings (SSSR count). The average Bonchev–Trinajstić information content (AvgIpc) is 2.95. The molecule has 1 unspecified atom stereocenters. The molecule has 3 aromatic rings. The maximum atomic E-state index is 5.75. The highest BCUT2D eigenvalue weighted by Gasteiger charge is 2.25. The van der Waals surface area contributed by atoms with Crippen LogP contribution < -0.4 is 10.1 Å². The number of ether oxygens (including phenoxy) is 1. The summed E-state index contributed by atoms with van der Waals surface area (Å²) in [6.45, 7) is 3.30. The largest absolute Gasteiger partial charge is 0.492 e. The smallest absolute Gasteiger partial charge is 0.248 e. The van der Waals surface area contributed by atoms with Gasteiger partial charge in [0.1, 0.15) is 18.4 Å². The Hall–Kier alpha value is -2.73. The summed E-state index contributed by atoms with van der Waals surface area (Å²) in [6.07, 6.45) is 2.44. The van der Waals surface area contributed by atoms with Crippen LogP contribution in [0.5, 0.6) is 5.75 Å². The van der Waals surface area contributed by atoms with Crippen LogP contribution in [0.3, 0.4) is 0 Å². The molecular formula is C18H18N4O2. The molecule has 1 N–H and O–H groups in total. The topological polar surface area (TPSA) is 73.1 Å². The second kappa shape index (κ2) is 6.41. The molecule has 0 bridgehead atoms. The molecule has 1 aliphatic heterocycles. The summed E-state index contributed by atoms with van der Waals surface area (Å²) in [6, 6.07) is 11.8. The van der Waals surface area contributed by atoms with Crippen LogP contribution in [0.15, 0.2) is 47.1 Å². The molecule has 0 saturated carbocycles. The van der Waals surface area contributed by atoms with Crippen LogP contribution in [-0.4, -0.2) is 28.3 Å². The maximum Gasteiger partial charge on any atom is 0.248 e. The molecule has 1 atom stereocenters. The van der Waals surface area contributed by atoms with Crippen LogP contribution in [0.25, 0.3) is 0 Å². The summed E-state index contributed by atoms with van der Waals surface area (Å²) in [7, 11) is 0. The van der Waals surface area contributed by atoms with Crippen LogP contribution in [0.4, 0.5) is 0 Å². The van der Waals surface area contributed by atoms with Crippen molar-refractivity contribution < 1.29 is 9.26 Å². The van der Waals surface area contributed by atoms with E-state index in [0.717, 1.165) is 29.1 Å². The standard InChI is InChI=1S/C18H18N4O2/c1-12-6-7-13(11-20-12)10-16-21-18(24-22-16)17-14-4-2-3-5-15(14)23-9-8-19-17/h2-7,11,17,19H,8-10H2,1H3. The van der Waals surface area contributed by atoms with E-state index in [1.807, 2.05) is 49.5 Å². The second-order valence-electron chi connectivity index (χ2n) is 5.81. The lowest BCUT2D eigenvalue weighted by molar-refractivity contribution is 0.320. The van der Waals surface area contributed by atoms with E-state index in [2.05, 4.69) is 20.4 Å². The third-order valence-electron chi connectivity index (χ3n) is 4.00. The van der Waals surface area contributed by atoms with Crippen LogP contribution in [0.2, 0.25) is 0 Å². The van der Waals surface area contributed by atoms with E-state index in [0.29, 0.717) is 24.7 Å². The lowest BCUT2D eigenvalue weighted by Gasteiger charge is -2.12. The normalized spacial score (nSPS) is 17.0. The predicted octanol–water partition coefficient (Wildman–Crippen LogP) is 2.44. The van der Waals surface area contributed by atoms with Gasteiger partial charge in [0, 0.05) is 30.4 Å². The van der Waals surface area contributed by atoms with Gasteiger partial charge in [-0.05, 0) is 24.6 Å². The quantitative estimate of drug-likeness (QED) is 0.798. The molecule has 0 saturated heterocycles. The number of pyridine rings is 1. The molecule has 122 valence electrons. The molecule has 1 aliphatic rings. The Balaban J connectivity index is 1.59. The Morgan fingerprint density at radius 1 is 1.21 bits per heavy atom. The molecule has 0 aliphatic carbocycles. The van der Waals surface area contributed by atoms with E-state index >= 15 is 0 Å². The average molecular weight is 322 g/mol. The van der Waals surface area contributed by atoms with Gasteiger partial charge < -0.3 is 9.26 Å². The van der Waals surface area contributed by atoms with Crippen LogP contribution >= 0.6 is 0 Å². The Morgan fingerprint density at radius 3 is 3.00 bits per heavy atom. The van der Waals surface area contributed by atoms with Crippen molar-refractivity contribution in [1.29, 1.82) is 0 Å². The predicted molar refractivity (Wildman–Crippen MR) is 87.9 cm³/mol. The zero-order valence-electron chi connectivity index (χ0n) is 13.4. The molecule has 0 amide bonds. The Morgan fingerprint density at radius 2 is 2.12 bits per heavy atom. The Bertz CT molecular complexity index is 829. The first-order valence-electron chi connectivity index (χ1n) is 7.99. The number of aromatic nitrogens is 3. The van der Waals surface area contributed by atoms with Gasteiger partial charge in [-0.1, -0.05) is 29.4 Å². The maximum absolute atomic E-state index is 5.75. The number of rotatable bonds is 3. The monoisotopic (exact) mass is 322 g/mol. The van der Waals surface area contributed by atoms with Crippen molar-refractivity contribution in [3.05, 3.63) is 71.1 Å². The summed E-state index contributed by atoms with van der Waals surface area (Å²) in [5, 5.41) is 7.52. The molecule has 2 aromatic heterocycles. The molecule has 0 radical (unpaired) electrons. The van der Waals surface area contributed by atoms with Gasteiger partial charge in [0.2, 0.25) is 5.89 Å². The number of benzene rings is 1. The Kier molecular flexibility index (Phi) is 3.96. The SMILES string of the molecule is Cc1ccc(Cc2noc(C3NCCOc4ccccc43)n2)cn1. The molecule has 6 nitrogen and oxygen atoms in total. The van der Waals surface area contributed by atoms with Gasteiger partial charge in [-0.3, -0.25) is 10.3 Å². The van der Waals surface area contributed by atoms with Crippen molar-refractivity contribution in [2.45, 2.75) is 19.4 Å². The third kappa shape index (κ3) is 3.00. The van der Waals surface area contributed by atoms with Gasteiger partial charge in [-0.15, -0.1) is 0 Å². The summed E-state index contributed by atoms with van der Waals surface area (Å²) in [5.74, 6) is 2.07. The van der Waals surface area contributed by atoms with Crippen LogP contribution in [-0.2, 0) is 6.42 Å². The number of nitrogens with one attached hydrogen (secondary N) is 1. The minimum absolute atomic E-state index is 0.152. The zero-order chi connectivity index (χ0) is 16.4. The van der Waals surface area contributed by atoms with Crippen molar-refractivity contribution >= 4 is 0 Å². The number of para-hydroxylation sites is 1. The van der Waals surface area contributed by atoms with Gasteiger partial charge in [-0.25, -0.2) is 0 Å². The minimum atomic E-state index is -0.152. The molecule has 0 spiro atoms. The first-order chi connectivity index (χ1) is 11.8. The van der Waals surface area contributed by atoms with Crippen molar-refractivity contribution in [1.82, 2.24) is 20.4 Å². The zero-order valence-corrected chi connectivity index (χ0v) is 13.4. The number of fused-ring (bicyclic) bond motifs is 1. The van der Waals surface area contributed by atoms with E-state index in [4.69, 9.17) is 9.26 Å². The van der Waals surface area contributed by atoms with E-state index < -0.39 is 0 Å². The van der Waals surface area contributed by atoms with Crippen LogP contribution in [0, 0.1) is 6.92 Å².